The van der Waals surface area contributed by atoms with Crippen LogP contribution in [0.25, 0.3) is 10.2 Å². The molecule has 1 aromatic carbocycles. The Hall–Kier alpha value is -1.75. The van der Waals surface area contributed by atoms with Gasteiger partial charge in [-0.15, -0.1) is 11.3 Å². The fourth-order valence-electron chi connectivity index (χ4n) is 1.92. The molecule has 0 atom stereocenters. The Kier molecular flexibility index (Phi) is 2.40. The van der Waals surface area contributed by atoms with Crippen molar-refractivity contribution in [3.8, 4) is 0 Å². The smallest absolute Gasteiger partial charge is 0.230 e. The van der Waals surface area contributed by atoms with Gasteiger partial charge in [-0.25, -0.2) is 4.98 Å². The molecule has 2 heterocycles. The number of carbonyl (C=O) groups excluding carboxylic acids is 2. The van der Waals surface area contributed by atoms with Crippen LogP contribution in [0.4, 0.5) is 0 Å². The molecule has 1 aliphatic heterocycles. The average molecular weight is 246 g/mol. The van der Waals surface area contributed by atoms with Crippen LogP contribution >= 0.6 is 11.3 Å². The fourth-order valence-corrected chi connectivity index (χ4v) is 2.88. The second-order valence-corrected chi connectivity index (χ2v) is 5.06. The molecule has 0 unspecified atom stereocenters. The quantitative estimate of drug-likeness (QED) is 0.761. The van der Waals surface area contributed by atoms with Crippen molar-refractivity contribution in [2.75, 3.05) is 0 Å². The van der Waals surface area contributed by atoms with E-state index in [1.807, 2.05) is 24.3 Å². The molecule has 0 N–H and O–H groups in total. The average Bonchev–Trinajstić information content (AvgIpc) is 2.87. The van der Waals surface area contributed by atoms with E-state index in [0.29, 0.717) is 19.4 Å². The minimum Gasteiger partial charge on any atom is -0.276 e. The normalized spacial score (nSPS) is 16.1. The van der Waals surface area contributed by atoms with Crippen LogP contribution in [0, 0.1) is 0 Å². The fraction of sp³-hybridized carbons (Fsp3) is 0.250. The van der Waals surface area contributed by atoms with Crippen LogP contribution in [0.3, 0.4) is 0 Å². The SMILES string of the molecule is O=C1CCC(=O)N1Cc1nc2ccccc2s1. The van der Waals surface area contributed by atoms with E-state index in [-0.39, 0.29) is 11.8 Å². The summed E-state index contributed by atoms with van der Waals surface area (Å²) >= 11 is 1.53. The van der Waals surface area contributed by atoms with Gasteiger partial charge in [0.25, 0.3) is 0 Å². The molecule has 2 aromatic rings. The first kappa shape index (κ1) is 10.4. The van der Waals surface area contributed by atoms with Crippen molar-refractivity contribution in [3.63, 3.8) is 0 Å². The van der Waals surface area contributed by atoms with Gasteiger partial charge in [0.05, 0.1) is 16.8 Å². The minimum atomic E-state index is -0.0887. The second kappa shape index (κ2) is 3.92. The van der Waals surface area contributed by atoms with Gasteiger partial charge < -0.3 is 0 Å². The Morgan fingerprint density at radius 2 is 1.88 bits per heavy atom. The van der Waals surface area contributed by atoms with Crippen molar-refractivity contribution in [1.29, 1.82) is 0 Å². The molecule has 0 spiro atoms. The first-order valence-electron chi connectivity index (χ1n) is 5.42. The van der Waals surface area contributed by atoms with Crippen molar-refractivity contribution >= 4 is 33.4 Å². The zero-order chi connectivity index (χ0) is 11.8. The summed E-state index contributed by atoms with van der Waals surface area (Å²) in [5.41, 5.74) is 0.923. The third-order valence-corrected chi connectivity index (χ3v) is 3.81. The van der Waals surface area contributed by atoms with Crippen LogP contribution in [-0.4, -0.2) is 21.7 Å². The van der Waals surface area contributed by atoms with Crippen molar-refractivity contribution in [1.82, 2.24) is 9.88 Å². The molecule has 0 bridgehead atoms. The van der Waals surface area contributed by atoms with Crippen molar-refractivity contribution in [3.05, 3.63) is 29.3 Å². The van der Waals surface area contributed by atoms with E-state index >= 15 is 0 Å². The number of benzene rings is 1. The lowest BCUT2D eigenvalue weighted by Gasteiger charge is -2.10. The van der Waals surface area contributed by atoms with Gasteiger partial charge in [0.1, 0.15) is 5.01 Å². The number of thiazole rings is 1. The molecule has 2 amide bonds. The van der Waals surface area contributed by atoms with Gasteiger partial charge in [-0.05, 0) is 12.1 Å². The number of hydrogen-bond acceptors (Lipinski definition) is 4. The van der Waals surface area contributed by atoms with Crippen LogP contribution < -0.4 is 0 Å². The van der Waals surface area contributed by atoms with Crippen LogP contribution in [0.5, 0.6) is 0 Å². The number of aromatic nitrogens is 1. The van der Waals surface area contributed by atoms with E-state index in [4.69, 9.17) is 0 Å². The van der Waals surface area contributed by atoms with Crippen molar-refractivity contribution < 1.29 is 9.59 Å². The van der Waals surface area contributed by atoms with Gasteiger partial charge in [0, 0.05) is 12.8 Å². The molecule has 17 heavy (non-hydrogen) atoms. The summed E-state index contributed by atoms with van der Waals surface area (Å²) in [5.74, 6) is -0.177. The molecule has 3 rings (SSSR count). The number of imide groups is 1. The Labute approximate surface area is 102 Å². The highest BCUT2D eigenvalue weighted by atomic mass is 32.1. The van der Waals surface area contributed by atoms with E-state index in [9.17, 15) is 9.59 Å². The van der Waals surface area contributed by atoms with Gasteiger partial charge >= 0.3 is 0 Å². The molecule has 0 radical (unpaired) electrons. The number of fused-ring (bicyclic) bond motifs is 1. The highest BCUT2D eigenvalue weighted by Crippen LogP contribution is 2.24. The van der Waals surface area contributed by atoms with E-state index in [2.05, 4.69) is 4.98 Å². The summed E-state index contributed by atoms with van der Waals surface area (Å²) in [4.78, 5) is 28.7. The Morgan fingerprint density at radius 3 is 2.59 bits per heavy atom. The van der Waals surface area contributed by atoms with Crippen LogP contribution in [0.15, 0.2) is 24.3 Å². The third kappa shape index (κ3) is 1.82. The molecule has 5 heteroatoms. The predicted molar refractivity (Wildman–Crippen MR) is 64.4 cm³/mol. The van der Waals surface area contributed by atoms with Gasteiger partial charge in [-0.3, -0.25) is 14.5 Å². The maximum absolute atomic E-state index is 11.5. The predicted octanol–water partition coefficient (Wildman–Crippen LogP) is 1.95. The molecular formula is C12H10N2O2S. The van der Waals surface area contributed by atoms with Crippen LogP contribution in [-0.2, 0) is 16.1 Å². The summed E-state index contributed by atoms with van der Waals surface area (Å²) < 4.78 is 1.08. The highest BCUT2D eigenvalue weighted by Gasteiger charge is 2.29. The summed E-state index contributed by atoms with van der Waals surface area (Å²) in [6.45, 7) is 0.316. The van der Waals surface area contributed by atoms with Crippen molar-refractivity contribution in [2.24, 2.45) is 0 Å². The zero-order valence-corrected chi connectivity index (χ0v) is 9.87. The molecule has 1 saturated heterocycles. The molecule has 0 aliphatic carbocycles. The minimum absolute atomic E-state index is 0.0887. The lowest BCUT2D eigenvalue weighted by molar-refractivity contribution is -0.139. The van der Waals surface area contributed by atoms with E-state index in [1.54, 1.807) is 0 Å². The zero-order valence-electron chi connectivity index (χ0n) is 9.05. The summed E-state index contributed by atoms with van der Waals surface area (Å²) in [6.07, 6.45) is 0.674. The number of amides is 2. The van der Waals surface area contributed by atoms with Crippen LogP contribution in [0.1, 0.15) is 17.8 Å². The van der Waals surface area contributed by atoms with Gasteiger partial charge in [0.2, 0.25) is 11.8 Å². The second-order valence-electron chi connectivity index (χ2n) is 3.95. The Morgan fingerprint density at radius 1 is 1.18 bits per heavy atom. The topological polar surface area (TPSA) is 50.3 Å². The van der Waals surface area contributed by atoms with Gasteiger partial charge in [-0.2, -0.15) is 0 Å². The molecule has 1 fully saturated rings. The van der Waals surface area contributed by atoms with E-state index < -0.39 is 0 Å². The Balaban J connectivity index is 1.89. The van der Waals surface area contributed by atoms with Gasteiger partial charge in [-0.1, -0.05) is 12.1 Å². The number of hydrogen-bond donors (Lipinski definition) is 0. The number of rotatable bonds is 2. The third-order valence-electron chi connectivity index (χ3n) is 2.79. The van der Waals surface area contributed by atoms with E-state index in [0.717, 1.165) is 15.2 Å². The van der Waals surface area contributed by atoms with Crippen molar-refractivity contribution in [2.45, 2.75) is 19.4 Å². The molecule has 1 aromatic heterocycles. The lowest BCUT2D eigenvalue weighted by Crippen LogP contribution is -2.28. The first-order chi connectivity index (χ1) is 8.24. The summed E-state index contributed by atoms with van der Waals surface area (Å²) in [5, 5.41) is 0.815. The van der Waals surface area contributed by atoms with Crippen LogP contribution in [0.2, 0.25) is 0 Å². The lowest BCUT2D eigenvalue weighted by atomic mass is 10.3. The number of para-hydroxylation sites is 1. The first-order valence-corrected chi connectivity index (χ1v) is 6.23. The van der Waals surface area contributed by atoms with Gasteiger partial charge in [0.15, 0.2) is 0 Å². The van der Waals surface area contributed by atoms with E-state index in [1.165, 1.54) is 16.2 Å². The molecule has 0 saturated carbocycles. The summed E-state index contributed by atoms with van der Waals surface area (Å²) in [6, 6.07) is 7.81. The standard InChI is InChI=1S/C12H10N2O2S/c15-11-5-6-12(16)14(11)7-10-13-8-3-1-2-4-9(8)17-10/h1-4H,5-7H2. The summed E-state index contributed by atoms with van der Waals surface area (Å²) in [7, 11) is 0. The maximum atomic E-state index is 11.5. The monoisotopic (exact) mass is 246 g/mol. The molecule has 1 aliphatic rings. The maximum Gasteiger partial charge on any atom is 0.230 e. The number of carbonyl (C=O) groups is 2. The molecule has 86 valence electrons. The Bertz CT molecular complexity index is 556. The molecule has 4 nitrogen and oxygen atoms in total. The largest absolute Gasteiger partial charge is 0.276 e. The molecular weight excluding hydrogens is 236 g/mol. The number of likely N-dealkylation sites (tertiary alicyclic amines) is 1. The highest BCUT2D eigenvalue weighted by molar-refractivity contribution is 7.18. The number of nitrogens with zero attached hydrogens (tertiary/aromatic N) is 2.